The number of phosphoric ester groups is 1. The van der Waals surface area contributed by atoms with E-state index in [0.717, 1.165) is 70.6 Å². The van der Waals surface area contributed by atoms with Crippen LogP contribution < -0.4 is 5.32 Å². The van der Waals surface area contributed by atoms with Crippen molar-refractivity contribution in [1.29, 1.82) is 0 Å². The zero-order valence-corrected chi connectivity index (χ0v) is 49.8. The van der Waals surface area contributed by atoms with E-state index in [4.69, 9.17) is 13.8 Å². The van der Waals surface area contributed by atoms with Gasteiger partial charge in [0, 0.05) is 12.8 Å². The molecule has 0 rings (SSSR count). The summed E-state index contributed by atoms with van der Waals surface area (Å²) < 4.78 is 30.7. The maximum Gasteiger partial charge on any atom is 0.472 e. The van der Waals surface area contributed by atoms with Gasteiger partial charge in [0.1, 0.15) is 19.3 Å². The van der Waals surface area contributed by atoms with Gasteiger partial charge in [0.25, 0.3) is 0 Å². The molecule has 0 radical (unpaired) electrons. The average molecular weight is 1050 g/mol. The Morgan fingerprint density at radius 3 is 1.29 bits per heavy atom. The summed E-state index contributed by atoms with van der Waals surface area (Å²) in [6, 6.07) is -0.851. The van der Waals surface area contributed by atoms with Gasteiger partial charge in [-0.2, -0.15) is 0 Å². The van der Waals surface area contributed by atoms with E-state index in [0.29, 0.717) is 17.4 Å². The van der Waals surface area contributed by atoms with Crippen LogP contribution >= 0.6 is 7.82 Å². The summed E-state index contributed by atoms with van der Waals surface area (Å²) in [6.45, 7) is 6.99. The van der Waals surface area contributed by atoms with Crippen LogP contribution in [0.5, 0.6) is 0 Å². The largest absolute Gasteiger partial charge is 0.472 e. The number of quaternary nitrogens is 1. The monoisotopic (exact) mass is 1050 g/mol. The fourth-order valence-electron chi connectivity index (χ4n) is 8.91. The van der Waals surface area contributed by atoms with Crippen molar-refractivity contribution >= 4 is 19.7 Å². The minimum atomic E-state index is -4.45. The standard InChI is InChI=1S/C63H119N2O7P/c1-7-10-13-16-19-22-25-28-30-31-32-33-35-37-40-43-46-49-52-55-62(66)64-60(59-71-73(68,69)70-58-57-65(4,5)6)61(54-51-48-45-42-39-36-27-24-21-18-15-12-9-3)72-63(67)56-53-50-47-44-41-38-34-29-26-23-20-17-14-11-8-2/h19,22-23,26,28,30,51,54,60-61H,7-18,20-21,24-25,27,29,31-50,52-53,55-59H2,1-6H3,(H-,64,66,68,69)/p+1/b22-19-,26-23-,30-28-,54-51-. The van der Waals surface area contributed by atoms with E-state index in [1.807, 2.05) is 33.3 Å². The van der Waals surface area contributed by atoms with Gasteiger partial charge in [0.05, 0.1) is 33.8 Å². The molecule has 9 nitrogen and oxygen atoms in total. The van der Waals surface area contributed by atoms with Crippen molar-refractivity contribution in [3.8, 4) is 0 Å². The van der Waals surface area contributed by atoms with E-state index >= 15 is 0 Å². The molecule has 0 aliphatic carbocycles. The number of allylic oxidation sites excluding steroid dienone is 7. The highest BCUT2D eigenvalue weighted by Crippen LogP contribution is 2.43. The number of nitrogens with one attached hydrogen (secondary N) is 1. The van der Waals surface area contributed by atoms with Crippen molar-refractivity contribution in [3.05, 3.63) is 48.6 Å². The van der Waals surface area contributed by atoms with Crippen LogP contribution in [-0.4, -0.2) is 74.3 Å². The van der Waals surface area contributed by atoms with Gasteiger partial charge in [-0.15, -0.1) is 0 Å². The summed E-state index contributed by atoms with van der Waals surface area (Å²) >= 11 is 0. The lowest BCUT2D eigenvalue weighted by Crippen LogP contribution is -2.47. The molecule has 0 aliphatic heterocycles. The predicted octanol–water partition coefficient (Wildman–Crippen LogP) is 18.9. The molecular formula is C63H120N2O7P+. The summed E-state index contributed by atoms with van der Waals surface area (Å²) in [5.41, 5.74) is 0. The van der Waals surface area contributed by atoms with E-state index in [1.54, 1.807) is 0 Å². The summed E-state index contributed by atoms with van der Waals surface area (Å²) in [6.07, 6.45) is 65.2. The molecule has 3 unspecified atom stereocenters. The van der Waals surface area contributed by atoms with Crippen molar-refractivity contribution in [1.82, 2.24) is 5.32 Å². The fraction of sp³-hybridized carbons (Fsp3) is 0.841. The second-order valence-corrected chi connectivity index (χ2v) is 23.7. The Hall–Kier alpha value is -2.03. The Morgan fingerprint density at radius 1 is 0.479 bits per heavy atom. The number of esters is 1. The number of unbranched alkanes of at least 4 members (excludes halogenated alkanes) is 34. The SMILES string of the molecule is CCCCC/C=C\C/C=C\CCCCCCCCCCCC(=O)NC(COP(=O)(O)OCC[N+](C)(C)C)C(/C=C\CCCCCCCCCCCCC)OC(=O)CCCCCCCCC/C=C\CCCCCC. The van der Waals surface area contributed by atoms with Gasteiger partial charge in [-0.3, -0.25) is 18.6 Å². The Morgan fingerprint density at radius 2 is 0.836 bits per heavy atom. The molecule has 1 amide bonds. The first-order valence-electron chi connectivity index (χ1n) is 31.0. The van der Waals surface area contributed by atoms with Gasteiger partial charge in [-0.1, -0.05) is 237 Å². The molecule has 0 saturated carbocycles. The number of phosphoric acid groups is 1. The Labute approximate surface area is 452 Å². The first-order chi connectivity index (χ1) is 35.4. The van der Waals surface area contributed by atoms with Crippen LogP contribution in [0.4, 0.5) is 0 Å². The molecule has 10 heteroatoms. The van der Waals surface area contributed by atoms with Gasteiger partial charge in [-0.05, 0) is 89.5 Å². The molecule has 0 aliphatic rings. The lowest BCUT2D eigenvalue weighted by atomic mass is 10.0. The van der Waals surface area contributed by atoms with Crippen LogP contribution in [0, 0.1) is 0 Å². The third kappa shape index (κ3) is 54.6. The number of ether oxygens (including phenoxy) is 1. The van der Waals surface area contributed by atoms with E-state index in [-0.39, 0.29) is 31.5 Å². The normalized spacial score (nSPS) is 14.0. The number of carbonyl (C=O) groups is 2. The molecule has 0 aromatic rings. The first kappa shape index (κ1) is 71.0. The van der Waals surface area contributed by atoms with Crippen LogP contribution in [-0.2, 0) is 27.9 Å². The van der Waals surface area contributed by atoms with Crippen molar-refractivity contribution in [2.75, 3.05) is 40.9 Å². The Kier molecular flexibility index (Phi) is 51.9. The minimum absolute atomic E-state index is 0.0390. The number of rotatable bonds is 56. The molecule has 428 valence electrons. The fourth-order valence-corrected chi connectivity index (χ4v) is 9.64. The third-order valence-corrected chi connectivity index (χ3v) is 14.7. The minimum Gasteiger partial charge on any atom is -0.456 e. The van der Waals surface area contributed by atoms with Crippen LogP contribution in [0.2, 0.25) is 0 Å². The molecule has 0 heterocycles. The number of amides is 1. The Balaban J connectivity index is 5.29. The predicted molar refractivity (Wildman–Crippen MR) is 314 cm³/mol. The van der Waals surface area contributed by atoms with Crippen LogP contribution in [0.15, 0.2) is 48.6 Å². The van der Waals surface area contributed by atoms with Crippen LogP contribution in [0.25, 0.3) is 0 Å². The van der Waals surface area contributed by atoms with Gasteiger partial charge >= 0.3 is 13.8 Å². The highest BCUT2D eigenvalue weighted by Gasteiger charge is 2.30. The van der Waals surface area contributed by atoms with Gasteiger partial charge < -0.3 is 19.4 Å². The summed E-state index contributed by atoms with van der Waals surface area (Å²) in [7, 11) is 1.50. The molecule has 0 aromatic carbocycles. The van der Waals surface area contributed by atoms with Crippen molar-refractivity contribution in [2.24, 2.45) is 0 Å². The molecule has 0 bridgehead atoms. The van der Waals surface area contributed by atoms with Gasteiger partial charge in [0.2, 0.25) is 5.91 Å². The molecular weight excluding hydrogens is 928 g/mol. The molecule has 3 atom stereocenters. The summed E-state index contributed by atoms with van der Waals surface area (Å²) in [5, 5.41) is 3.06. The highest BCUT2D eigenvalue weighted by atomic mass is 31.2. The lowest BCUT2D eigenvalue weighted by Gasteiger charge is -2.27. The van der Waals surface area contributed by atoms with E-state index in [9.17, 15) is 19.0 Å². The first-order valence-corrected chi connectivity index (χ1v) is 32.5. The zero-order chi connectivity index (χ0) is 53.6. The van der Waals surface area contributed by atoms with Crippen molar-refractivity contribution in [3.63, 3.8) is 0 Å². The number of likely N-dealkylation sites (N-methyl/N-ethyl adjacent to an activating group) is 1. The highest BCUT2D eigenvalue weighted by molar-refractivity contribution is 7.47. The number of nitrogens with zero attached hydrogens (tertiary/aromatic N) is 1. The average Bonchev–Trinajstić information content (AvgIpc) is 3.35. The topological polar surface area (TPSA) is 111 Å². The van der Waals surface area contributed by atoms with Crippen LogP contribution in [0.1, 0.15) is 290 Å². The second-order valence-electron chi connectivity index (χ2n) is 22.2. The molecule has 0 saturated heterocycles. The molecule has 2 N–H and O–H groups in total. The summed E-state index contributed by atoms with van der Waals surface area (Å²) in [5.74, 6) is -0.507. The molecule has 0 aromatic heterocycles. The zero-order valence-electron chi connectivity index (χ0n) is 48.9. The summed E-state index contributed by atoms with van der Waals surface area (Å²) in [4.78, 5) is 37.7. The van der Waals surface area contributed by atoms with E-state index < -0.39 is 20.0 Å². The van der Waals surface area contributed by atoms with Crippen molar-refractivity contribution in [2.45, 2.75) is 303 Å². The molecule has 0 spiro atoms. The quantitative estimate of drug-likeness (QED) is 0.0205. The van der Waals surface area contributed by atoms with E-state index in [1.165, 1.54) is 186 Å². The molecule has 0 fully saturated rings. The number of hydrogen-bond donors (Lipinski definition) is 2. The van der Waals surface area contributed by atoms with Crippen LogP contribution in [0.3, 0.4) is 0 Å². The number of hydrogen-bond acceptors (Lipinski definition) is 6. The lowest BCUT2D eigenvalue weighted by molar-refractivity contribution is -0.870. The van der Waals surface area contributed by atoms with Gasteiger partial charge in [0.15, 0.2) is 0 Å². The smallest absolute Gasteiger partial charge is 0.456 e. The van der Waals surface area contributed by atoms with E-state index in [2.05, 4.69) is 62.5 Å². The van der Waals surface area contributed by atoms with Crippen molar-refractivity contribution < 1.29 is 37.3 Å². The maximum atomic E-state index is 13.5. The Bertz CT molecular complexity index is 1390. The maximum absolute atomic E-state index is 13.5. The molecule has 73 heavy (non-hydrogen) atoms. The third-order valence-electron chi connectivity index (χ3n) is 13.7. The number of carbonyl (C=O) groups excluding carboxylic acids is 2. The van der Waals surface area contributed by atoms with Gasteiger partial charge in [-0.25, -0.2) is 4.57 Å². The second kappa shape index (κ2) is 53.4.